The molecule has 0 fully saturated rings. The first-order chi connectivity index (χ1) is 11.5. The Labute approximate surface area is 139 Å². The second-order valence-corrected chi connectivity index (χ2v) is 5.45. The number of aromatic nitrogens is 2. The molecule has 0 saturated heterocycles. The number of nitrogens with one attached hydrogen (secondary N) is 1. The van der Waals surface area contributed by atoms with Crippen LogP contribution >= 0.6 is 0 Å². The van der Waals surface area contributed by atoms with E-state index in [0.29, 0.717) is 28.2 Å². The number of ether oxygens (including phenoxy) is 1. The van der Waals surface area contributed by atoms with Crippen LogP contribution in [-0.4, -0.2) is 28.6 Å². The van der Waals surface area contributed by atoms with Gasteiger partial charge in [-0.1, -0.05) is 0 Å². The number of rotatable bonds is 4. The van der Waals surface area contributed by atoms with Crippen LogP contribution in [-0.2, 0) is 7.05 Å². The average Bonchev–Trinajstić information content (AvgIpc) is 2.89. The van der Waals surface area contributed by atoms with Gasteiger partial charge in [-0.3, -0.25) is 9.59 Å². The van der Waals surface area contributed by atoms with Gasteiger partial charge in [-0.2, -0.15) is 5.10 Å². The van der Waals surface area contributed by atoms with Crippen molar-refractivity contribution in [3.8, 4) is 5.88 Å². The molecule has 1 aromatic heterocycles. The number of Topliss-reactive ketones (excluding diaryl/α,β-unsaturated/α-hetero) is 1. The minimum absolute atomic E-state index is 0.0116. The maximum absolute atomic E-state index is 12.4. The predicted molar refractivity (Wildman–Crippen MR) is 91.7 cm³/mol. The van der Waals surface area contributed by atoms with Crippen LogP contribution in [0.2, 0.25) is 0 Å². The Morgan fingerprint density at radius 1 is 1.08 bits per heavy atom. The van der Waals surface area contributed by atoms with Crippen LogP contribution in [0.1, 0.15) is 27.6 Å². The number of methoxy groups -OCH3 is 1. The molecule has 0 unspecified atom stereocenters. The molecular weight excluding hydrogens is 306 g/mol. The van der Waals surface area contributed by atoms with E-state index in [1.54, 1.807) is 55.2 Å². The fourth-order valence-electron chi connectivity index (χ4n) is 2.55. The third kappa shape index (κ3) is 2.86. The van der Waals surface area contributed by atoms with Crippen LogP contribution in [0.15, 0.2) is 42.5 Å². The fourth-order valence-corrected chi connectivity index (χ4v) is 2.55. The molecule has 0 aliphatic carbocycles. The molecule has 122 valence electrons. The first kappa shape index (κ1) is 15.7. The minimum Gasteiger partial charge on any atom is -0.481 e. The number of fused-ring (bicyclic) bond motifs is 1. The van der Waals surface area contributed by atoms with Crippen LogP contribution in [0.4, 0.5) is 5.69 Å². The van der Waals surface area contributed by atoms with Gasteiger partial charge in [0.2, 0.25) is 5.88 Å². The van der Waals surface area contributed by atoms with E-state index in [4.69, 9.17) is 4.74 Å². The number of benzene rings is 2. The Bertz CT molecular complexity index is 927. The van der Waals surface area contributed by atoms with Crippen molar-refractivity contribution in [1.29, 1.82) is 0 Å². The summed E-state index contributed by atoms with van der Waals surface area (Å²) in [6.07, 6.45) is 0. The lowest BCUT2D eigenvalue weighted by Crippen LogP contribution is -2.11. The van der Waals surface area contributed by atoms with Gasteiger partial charge in [0.05, 0.1) is 18.0 Å². The summed E-state index contributed by atoms with van der Waals surface area (Å²) in [6, 6.07) is 12.0. The summed E-state index contributed by atoms with van der Waals surface area (Å²) in [7, 11) is 3.37. The lowest BCUT2D eigenvalue weighted by Gasteiger charge is -2.06. The molecule has 0 spiro atoms. The summed E-state index contributed by atoms with van der Waals surface area (Å²) in [5, 5.41) is 8.00. The number of aryl methyl sites for hydroxylation is 1. The molecule has 3 aromatic rings. The highest BCUT2D eigenvalue weighted by Gasteiger charge is 2.13. The van der Waals surface area contributed by atoms with Crippen LogP contribution in [0.25, 0.3) is 10.9 Å². The van der Waals surface area contributed by atoms with Gasteiger partial charge in [-0.15, -0.1) is 0 Å². The van der Waals surface area contributed by atoms with Crippen LogP contribution in [0.3, 0.4) is 0 Å². The zero-order valence-corrected chi connectivity index (χ0v) is 13.7. The molecular formula is C18H17N3O3. The predicted octanol–water partition coefficient (Wildman–Crippen LogP) is 3.04. The Morgan fingerprint density at radius 3 is 2.38 bits per heavy atom. The van der Waals surface area contributed by atoms with Gasteiger partial charge in [-0.05, 0) is 49.4 Å². The molecule has 6 heteroatoms. The van der Waals surface area contributed by atoms with Gasteiger partial charge >= 0.3 is 0 Å². The van der Waals surface area contributed by atoms with Crippen molar-refractivity contribution in [3.05, 3.63) is 53.6 Å². The van der Waals surface area contributed by atoms with Crippen molar-refractivity contribution in [2.24, 2.45) is 7.05 Å². The van der Waals surface area contributed by atoms with Crippen molar-refractivity contribution in [2.45, 2.75) is 6.92 Å². The van der Waals surface area contributed by atoms with E-state index in [9.17, 15) is 9.59 Å². The number of nitrogens with zero attached hydrogens (tertiary/aromatic N) is 2. The normalized spacial score (nSPS) is 10.6. The maximum atomic E-state index is 12.4. The summed E-state index contributed by atoms with van der Waals surface area (Å²) in [4.78, 5) is 23.7. The second-order valence-electron chi connectivity index (χ2n) is 5.45. The number of ketones is 1. The second kappa shape index (κ2) is 6.16. The largest absolute Gasteiger partial charge is 0.481 e. The number of carbonyl (C=O) groups excluding carboxylic acids is 2. The summed E-state index contributed by atoms with van der Waals surface area (Å²) < 4.78 is 6.93. The average molecular weight is 323 g/mol. The minimum atomic E-state index is -0.239. The van der Waals surface area contributed by atoms with Crippen molar-refractivity contribution >= 4 is 28.3 Å². The van der Waals surface area contributed by atoms with Crippen molar-refractivity contribution in [1.82, 2.24) is 9.78 Å². The summed E-state index contributed by atoms with van der Waals surface area (Å²) in [5.41, 5.74) is 2.42. The molecule has 0 saturated carbocycles. The molecule has 0 aliphatic heterocycles. The van der Waals surface area contributed by atoms with Gasteiger partial charge < -0.3 is 10.1 Å². The van der Waals surface area contributed by atoms with E-state index in [1.165, 1.54) is 6.92 Å². The van der Waals surface area contributed by atoms with E-state index in [1.807, 2.05) is 6.07 Å². The Kier molecular flexibility index (Phi) is 4.04. The van der Waals surface area contributed by atoms with Crippen LogP contribution < -0.4 is 10.1 Å². The van der Waals surface area contributed by atoms with Crippen molar-refractivity contribution in [2.75, 3.05) is 12.4 Å². The quantitative estimate of drug-likeness (QED) is 0.749. The summed E-state index contributed by atoms with van der Waals surface area (Å²) >= 11 is 0. The standard InChI is InChI=1S/C18H17N3O3/c1-11(22)12-4-7-14(8-5-12)19-17(23)13-6-9-15-16(10-13)20-21(2)18(15)24-3/h4-10H,1-3H3,(H,19,23). The van der Waals surface area contributed by atoms with E-state index in [0.717, 1.165) is 5.39 Å². The Balaban J connectivity index is 1.84. The Hall–Kier alpha value is -3.15. The lowest BCUT2D eigenvalue weighted by atomic mass is 10.1. The van der Waals surface area contributed by atoms with Gasteiger partial charge in [0.15, 0.2) is 5.78 Å². The fraction of sp³-hybridized carbons (Fsp3) is 0.167. The molecule has 0 radical (unpaired) electrons. The Morgan fingerprint density at radius 2 is 1.75 bits per heavy atom. The highest BCUT2D eigenvalue weighted by molar-refractivity contribution is 6.06. The number of hydrogen-bond acceptors (Lipinski definition) is 4. The van der Waals surface area contributed by atoms with Gasteiger partial charge in [0.25, 0.3) is 5.91 Å². The first-order valence-corrected chi connectivity index (χ1v) is 7.42. The third-order valence-electron chi connectivity index (χ3n) is 3.78. The lowest BCUT2D eigenvalue weighted by molar-refractivity contribution is 0.101. The summed E-state index contributed by atoms with van der Waals surface area (Å²) in [5.74, 6) is 0.399. The van der Waals surface area contributed by atoms with Crippen molar-refractivity contribution < 1.29 is 14.3 Å². The van der Waals surface area contributed by atoms with Crippen LogP contribution in [0, 0.1) is 0 Å². The molecule has 2 aromatic carbocycles. The third-order valence-corrected chi connectivity index (χ3v) is 3.78. The molecule has 0 bridgehead atoms. The smallest absolute Gasteiger partial charge is 0.255 e. The van der Waals surface area contributed by atoms with Crippen molar-refractivity contribution in [3.63, 3.8) is 0 Å². The van der Waals surface area contributed by atoms with E-state index >= 15 is 0 Å². The topological polar surface area (TPSA) is 73.2 Å². The first-order valence-electron chi connectivity index (χ1n) is 7.42. The molecule has 6 nitrogen and oxygen atoms in total. The van der Waals surface area contributed by atoms with Gasteiger partial charge in [-0.25, -0.2) is 4.68 Å². The van der Waals surface area contributed by atoms with E-state index in [-0.39, 0.29) is 11.7 Å². The van der Waals surface area contributed by atoms with Gasteiger partial charge in [0, 0.05) is 23.9 Å². The van der Waals surface area contributed by atoms with Crippen LogP contribution in [0.5, 0.6) is 5.88 Å². The van der Waals surface area contributed by atoms with E-state index in [2.05, 4.69) is 10.4 Å². The molecule has 1 heterocycles. The number of hydrogen-bond donors (Lipinski definition) is 1. The number of anilines is 1. The summed E-state index contributed by atoms with van der Waals surface area (Å²) in [6.45, 7) is 1.50. The monoisotopic (exact) mass is 323 g/mol. The molecule has 24 heavy (non-hydrogen) atoms. The number of amides is 1. The zero-order chi connectivity index (χ0) is 17.3. The maximum Gasteiger partial charge on any atom is 0.255 e. The molecule has 1 N–H and O–H groups in total. The molecule has 0 atom stereocenters. The molecule has 0 aliphatic rings. The SMILES string of the molecule is COc1c2ccc(C(=O)Nc3ccc(C(C)=O)cc3)cc2nn1C. The highest BCUT2D eigenvalue weighted by atomic mass is 16.5. The number of carbonyl (C=O) groups is 2. The van der Waals surface area contributed by atoms with E-state index < -0.39 is 0 Å². The van der Waals surface area contributed by atoms with Gasteiger partial charge in [0.1, 0.15) is 0 Å². The highest BCUT2D eigenvalue weighted by Crippen LogP contribution is 2.25. The molecule has 1 amide bonds. The zero-order valence-electron chi connectivity index (χ0n) is 13.7. The molecule has 3 rings (SSSR count).